The van der Waals surface area contributed by atoms with Crippen molar-refractivity contribution in [2.24, 2.45) is 0 Å². The maximum Gasteiger partial charge on any atom is 0.330 e. The lowest BCUT2D eigenvalue weighted by molar-refractivity contribution is -0.136. The number of ether oxygens (including phenoxy) is 3. The van der Waals surface area contributed by atoms with Gasteiger partial charge in [-0.2, -0.15) is 0 Å². The number of rotatable bonds is 2. The summed E-state index contributed by atoms with van der Waals surface area (Å²) in [5.41, 5.74) is 0. The molecule has 15 heavy (non-hydrogen) atoms. The molecule has 0 saturated carbocycles. The Hall–Kier alpha value is -0.870. The summed E-state index contributed by atoms with van der Waals surface area (Å²) in [4.78, 5) is 10.7. The predicted octanol–water partition coefficient (Wildman–Crippen LogP) is 1.89. The average molecular weight is 216 g/mol. The molecule has 1 unspecified atom stereocenters. The lowest BCUT2D eigenvalue weighted by Gasteiger charge is -2.15. The fourth-order valence-electron chi connectivity index (χ4n) is 1.06. The second kappa shape index (κ2) is 6.58. The topological polar surface area (TPSA) is 44.8 Å². The SMILES string of the molecule is CC.COC(=O)/C=C\C1COC(C)(C)O1. The van der Waals surface area contributed by atoms with Crippen LogP contribution in [0.3, 0.4) is 0 Å². The van der Waals surface area contributed by atoms with Crippen LogP contribution in [0.1, 0.15) is 27.7 Å². The van der Waals surface area contributed by atoms with Crippen molar-refractivity contribution >= 4 is 5.97 Å². The number of hydrogen-bond acceptors (Lipinski definition) is 4. The predicted molar refractivity (Wildman–Crippen MR) is 57.4 cm³/mol. The van der Waals surface area contributed by atoms with Gasteiger partial charge >= 0.3 is 5.97 Å². The minimum absolute atomic E-state index is 0.158. The molecule has 4 nitrogen and oxygen atoms in total. The van der Waals surface area contributed by atoms with Crippen LogP contribution >= 0.6 is 0 Å². The van der Waals surface area contributed by atoms with Gasteiger partial charge in [0.2, 0.25) is 0 Å². The van der Waals surface area contributed by atoms with Crippen molar-refractivity contribution in [1.29, 1.82) is 0 Å². The van der Waals surface area contributed by atoms with Crippen molar-refractivity contribution in [3.63, 3.8) is 0 Å². The van der Waals surface area contributed by atoms with Gasteiger partial charge in [0.15, 0.2) is 5.79 Å². The van der Waals surface area contributed by atoms with E-state index in [0.717, 1.165) is 0 Å². The third-order valence-electron chi connectivity index (χ3n) is 1.68. The van der Waals surface area contributed by atoms with Gasteiger partial charge in [-0.05, 0) is 19.9 Å². The van der Waals surface area contributed by atoms with E-state index in [-0.39, 0.29) is 12.1 Å². The lowest BCUT2D eigenvalue weighted by atomic mass is 10.3. The van der Waals surface area contributed by atoms with E-state index in [4.69, 9.17) is 9.47 Å². The van der Waals surface area contributed by atoms with Crippen molar-refractivity contribution in [3.05, 3.63) is 12.2 Å². The van der Waals surface area contributed by atoms with E-state index in [1.807, 2.05) is 27.7 Å². The summed E-state index contributed by atoms with van der Waals surface area (Å²) in [6.45, 7) is 8.14. The van der Waals surface area contributed by atoms with Gasteiger partial charge in [-0.15, -0.1) is 0 Å². The molecule has 4 heteroatoms. The molecule has 1 aliphatic rings. The first-order chi connectivity index (χ1) is 7.03. The summed E-state index contributed by atoms with van der Waals surface area (Å²) in [6.07, 6.45) is 2.82. The molecule has 0 amide bonds. The van der Waals surface area contributed by atoms with Crippen molar-refractivity contribution in [2.45, 2.75) is 39.6 Å². The molecule has 1 heterocycles. The third kappa shape index (κ3) is 5.54. The number of carbonyl (C=O) groups is 1. The van der Waals surface area contributed by atoms with Crippen LogP contribution in [0.25, 0.3) is 0 Å². The molecule has 88 valence electrons. The second-order valence-electron chi connectivity index (χ2n) is 3.25. The molecule has 1 aliphatic heterocycles. The molecule has 0 aromatic heterocycles. The second-order valence-corrected chi connectivity index (χ2v) is 3.25. The maximum atomic E-state index is 10.7. The van der Waals surface area contributed by atoms with Crippen molar-refractivity contribution in [2.75, 3.05) is 13.7 Å². The van der Waals surface area contributed by atoms with E-state index in [2.05, 4.69) is 4.74 Å². The van der Waals surface area contributed by atoms with Gasteiger partial charge < -0.3 is 14.2 Å². The molecule has 1 saturated heterocycles. The summed E-state index contributed by atoms with van der Waals surface area (Å²) in [6, 6.07) is 0. The van der Waals surface area contributed by atoms with Gasteiger partial charge in [-0.25, -0.2) is 4.79 Å². The monoisotopic (exact) mass is 216 g/mol. The zero-order valence-electron chi connectivity index (χ0n) is 10.1. The molecule has 0 spiro atoms. The van der Waals surface area contributed by atoms with Crippen LogP contribution in [0.5, 0.6) is 0 Å². The van der Waals surface area contributed by atoms with Crippen molar-refractivity contribution < 1.29 is 19.0 Å². The highest BCUT2D eigenvalue weighted by atomic mass is 16.7. The number of hydrogen-bond donors (Lipinski definition) is 0. The van der Waals surface area contributed by atoms with Gasteiger partial charge in [0.05, 0.1) is 13.7 Å². The molecule has 0 aromatic rings. The van der Waals surface area contributed by atoms with Crippen LogP contribution in [0.4, 0.5) is 0 Å². The number of methoxy groups -OCH3 is 1. The summed E-state index contributed by atoms with van der Waals surface area (Å²) in [5, 5.41) is 0. The number of esters is 1. The molecule has 0 aromatic carbocycles. The van der Waals surface area contributed by atoms with Crippen LogP contribution < -0.4 is 0 Å². The van der Waals surface area contributed by atoms with E-state index in [9.17, 15) is 4.79 Å². The third-order valence-corrected chi connectivity index (χ3v) is 1.68. The Morgan fingerprint density at radius 1 is 1.47 bits per heavy atom. The van der Waals surface area contributed by atoms with E-state index in [0.29, 0.717) is 6.61 Å². The normalized spacial score (nSPS) is 23.4. The molecule has 1 fully saturated rings. The van der Waals surface area contributed by atoms with Crippen LogP contribution in [0, 0.1) is 0 Å². The summed E-state index contributed by atoms with van der Waals surface area (Å²) < 4.78 is 15.2. The Morgan fingerprint density at radius 2 is 2.07 bits per heavy atom. The largest absolute Gasteiger partial charge is 0.466 e. The van der Waals surface area contributed by atoms with Crippen molar-refractivity contribution in [1.82, 2.24) is 0 Å². The van der Waals surface area contributed by atoms with Crippen LogP contribution in [0.2, 0.25) is 0 Å². The first-order valence-electron chi connectivity index (χ1n) is 5.11. The number of carbonyl (C=O) groups excluding carboxylic acids is 1. The Bertz CT molecular complexity index is 221. The standard InChI is InChI=1S/C9H14O4.C2H6/c1-9(2)12-6-7(13-9)4-5-8(10)11-3;1-2/h4-5,7H,6H2,1-3H3;1-2H3/b5-4-;. The minimum atomic E-state index is -0.550. The summed E-state index contributed by atoms with van der Waals surface area (Å²) in [5.74, 6) is -0.932. The zero-order valence-corrected chi connectivity index (χ0v) is 10.1. The van der Waals surface area contributed by atoms with Gasteiger partial charge in [-0.1, -0.05) is 13.8 Å². The molecule has 0 bridgehead atoms. The lowest BCUT2D eigenvalue weighted by Crippen LogP contribution is -2.20. The summed E-state index contributed by atoms with van der Waals surface area (Å²) in [7, 11) is 1.34. The first kappa shape index (κ1) is 14.1. The average Bonchev–Trinajstić information content (AvgIpc) is 2.58. The van der Waals surface area contributed by atoms with E-state index in [1.54, 1.807) is 6.08 Å². The smallest absolute Gasteiger partial charge is 0.330 e. The van der Waals surface area contributed by atoms with E-state index < -0.39 is 5.79 Å². The van der Waals surface area contributed by atoms with Gasteiger partial charge in [0.25, 0.3) is 0 Å². The maximum absolute atomic E-state index is 10.7. The molecule has 1 atom stereocenters. The molecule has 0 N–H and O–H groups in total. The van der Waals surface area contributed by atoms with Gasteiger partial charge in [0.1, 0.15) is 6.10 Å². The quantitative estimate of drug-likeness (QED) is 0.522. The minimum Gasteiger partial charge on any atom is -0.466 e. The van der Waals surface area contributed by atoms with Gasteiger partial charge in [-0.3, -0.25) is 0 Å². The Morgan fingerprint density at radius 3 is 2.47 bits per heavy atom. The van der Waals surface area contributed by atoms with Crippen LogP contribution in [-0.2, 0) is 19.0 Å². The molecule has 1 rings (SSSR count). The van der Waals surface area contributed by atoms with Gasteiger partial charge in [0, 0.05) is 6.08 Å². The fraction of sp³-hybridized carbons (Fsp3) is 0.727. The fourth-order valence-corrected chi connectivity index (χ4v) is 1.06. The molecular formula is C11H20O4. The highest BCUT2D eigenvalue weighted by Crippen LogP contribution is 2.22. The first-order valence-corrected chi connectivity index (χ1v) is 5.11. The zero-order chi connectivity index (χ0) is 11.9. The Labute approximate surface area is 91.2 Å². The van der Waals surface area contributed by atoms with Crippen LogP contribution in [0.15, 0.2) is 12.2 Å². The highest BCUT2D eigenvalue weighted by Gasteiger charge is 2.30. The Kier molecular flexibility index (Phi) is 6.20. The van der Waals surface area contributed by atoms with E-state index >= 15 is 0 Å². The molecular weight excluding hydrogens is 196 g/mol. The van der Waals surface area contributed by atoms with Crippen molar-refractivity contribution in [3.8, 4) is 0 Å². The van der Waals surface area contributed by atoms with E-state index in [1.165, 1.54) is 13.2 Å². The molecule has 0 radical (unpaired) electrons. The van der Waals surface area contributed by atoms with Crippen LogP contribution in [-0.4, -0.2) is 31.6 Å². The molecule has 0 aliphatic carbocycles. The summed E-state index contributed by atoms with van der Waals surface area (Å²) >= 11 is 0. The Balaban J connectivity index is 0.000000921. The highest BCUT2D eigenvalue weighted by molar-refractivity contribution is 5.81.